The number of carbonyl (C=O) groups excluding carboxylic acids is 1. The molecule has 2 aliphatic rings. The Kier molecular flexibility index (Phi) is 8.53. The molecule has 6 nitrogen and oxygen atoms in total. The average Bonchev–Trinajstić information content (AvgIpc) is 2.85. The maximum absolute atomic E-state index is 13.6. The molecule has 0 radical (unpaired) electrons. The summed E-state index contributed by atoms with van der Waals surface area (Å²) in [6, 6.07) is 14.8. The number of rotatable bonds is 9. The highest BCUT2D eigenvalue weighted by molar-refractivity contribution is 7.98. The van der Waals surface area contributed by atoms with Crippen LogP contribution in [-0.4, -0.2) is 46.7 Å². The molecule has 0 bridgehead atoms. The van der Waals surface area contributed by atoms with Crippen molar-refractivity contribution >= 4 is 35.2 Å². The minimum absolute atomic E-state index is 0.0957. The van der Waals surface area contributed by atoms with E-state index in [-0.39, 0.29) is 24.0 Å². The summed E-state index contributed by atoms with van der Waals surface area (Å²) in [7, 11) is 0. The van der Waals surface area contributed by atoms with Crippen LogP contribution in [0, 0.1) is 11.8 Å². The van der Waals surface area contributed by atoms with Gasteiger partial charge in [0.05, 0.1) is 18.1 Å². The number of hydrogen-bond donors (Lipinski definition) is 2. The van der Waals surface area contributed by atoms with Crippen LogP contribution in [0.2, 0.25) is 5.02 Å². The van der Waals surface area contributed by atoms with E-state index in [0.29, 0.717) is 30.0 Å². The molecule has 36 heavy (non-hydrogen) atoms. The monoisotopic (exact) mass is 531 g/mol. The number of carboxylic acids is 1. The molecule has 5 atom stereocenters. The van der Waals surface area contributed by atoms with Crippen molar-refractivity contribution in [1.29, 1.82) is 0 Å². The van der Waals surface area contributed by atoms with Crippen molar-refractivity contribution in [3.8, 4) is 5.75 Å². The highest BCUT2D eigenvalue weighted by atomic mass is 35.5. The molecule has 0 aromatic heterocycles. The summed E-state index contributed by atoms with van der Waals surface area (Å²) in [6.45, 7) is 4.03. The van der Waals surface area contributed by atoms with Gasteiger partial charge in [0.1, 0.15) is 17.4 Å². The number of ether oxygens (including phenoxy) is 2. The molecule has 1 saturated heterocycles. The summed E-state index contributed by atoms with van der Waals surface area (Å²) >= 11 is 7.89. The van der Waals surface area contributed by atoms with Gasteiger partial charge in [-0.25, -0.2) is 4.79 Å². The smallest absolute Gasteiger partial charge is 0.326 e. The van der Waals surface area contributed by atoms with Crippen LogP contribution < -0.4 is 10.1 Å². The maximum atomic E-state index is 13.6. The summed E-state index contributed by atoms with van der Waals surface area (Å²) in [4.78, 5) is 25.4. The van der Waals surface area contributed by atoms with Crippen LogP contribution >= 0.6 is 23.4 Å². The van der Waals surface area contributed by atoms with E-state index in [1.807, 2.05) is 56.5 Å². The van der Waals surface area contributed by atoms with Gasteiger partial charge in [-0.15, -0.1) is 0 Å². The van der Waals surface area contributed by atoms with Crippen molar-refractivity contribution in [3.63, 3.8) is 0 Å². The molecule has 8 heteroatoms. The lowest BCUT2D eigenvalue weighted by Gasteiger charge is -2.51. The van der Waals surface area contributed by atoms with Crippen LogP contribution in [0.4, 0.5) is 0 Å². The van der Waals surface area contributed by atoms with Crippen molar-refractivity contribution in [2.45, 2.75) is 63.4 Å². The van der Waals surface area contributed by atoms with Gasteiger partial charge in [0.25, 0.3) is 0 Å². The normalized spacial score (nSPS) is 25.1. The van der Waals surface area contributed by atoms with E-state index in [9.17, 15) is 14.7 Å². The van der Waals surface area contributed by atoms with E-state index in [0.717, 1.165) is 17.7 Å². The summed E-state index contributed by atoms with van der Waals surface area (Å²) in [5.41, 5.74) is 1.50. The zero-order chi connectivity index (χ0) is 25.9. The van der Waals surface area contributed by atoms with Crippen molar-refractivity contribution < 1.29 is 24.2 Å². The van der Waals surface area contributed by atoms with Crippen LogP contribution in [0.25, 0.3) is 0 Å². The van der Waals surface area contributed by atoms with Gasteiger partial charge < -0.3 is 19.9 Å². The first-order valence-electron chi connectivity index (χ1n) is 12.4. The highest BCUT2D eigenvalue weighted by Crippen LogP contribution is 2.52. The van der Waals surface area contributed by atoms with Crippen molar-refractivity contribution in [3.05, 3.63) is 64.7 Å². The van der Waals surface area contributed by atoms with Crippen molar-refractivity contribution in [1.82, 2.24) is 5.32 Å². The number of carboxylic acid groups (broad SMARTS) is 1. The van der Waals surface area contributed by atoms with Gasteiger partial charge in [-0.3, -0.25) is 4.79 Å². The van der Waals surface area contributed by atoms with Crippen LogP contribution in [0.5, 0.6) is 5.75 Å². The topological polar surface area (TPSA) is 84.9 Å². The Labute approximate surface area is 222 Å². The minimum Gasteiger partial charge on any atom is -0.487 e. The Balaban J connectivity index is 1.62. The predicted molar refractivity (Wildman–Crippen MR) is 143 cm³/mol. The molecule has 2 N–H and O–H groups in total. The van der Waals surface area contributed by atoms with Gasteiger partial charge in [0.15, 0.2) is 0 Å². The van der Waals surface area contributed by atoms with E-state index in [1.54, 1.807) is 11.8 Å². The lowest BCUT2D eigenvalue weighted by molar-refractivity contribution is -0.181. The molecule has 2 aliphatic heterocycles. The molecule has 4 rings (SSSR count). The molecule has 2 aromatic rings. The lowest BCUT2D eigenvalue weighted by Crippen LogP contribution is -2.55. The fraction of sp³-hybridized carbons (Fsp3) is 0.500. The number of aliphatic carboxylic acids is 1. The van der Waals surface area contributed by atoms with E-state index in [1.165, 1.54) is 5.56 Å². The van der Waals surface area contributed by atoms with E-state index in [2.05, 4.69) is 17.4 Å². The van der Waals surface area contributed by atoms with Crippen molar-refractivity contribution in [2.24, 2.45) is 11.8 Å². The molecule has 0 spiro atoms. The number of aryl methyl sites for hydroxylation is 1. The molecule has 0 unspecified atom stereocenters. The summed E-state index contributed by atoms with van der Waals surface area (Å²) in [5.74, 6) is -0.473. The molecule has 1 amide bonds. The largest absolute Gasteiger partial charge is 0.487 e. The molecule has 2 aromatic carbocycles. The first-order chi connectivity index (χ1) is 17.2. The average molecular weight is 532 g/mol. The van der Waals surface area contributed by atoms with Crippen LogP contribution in [-0.2, 0) is 20.7 Å². The summed E-state index contributed by atoms with van der Waals surface area (Å²) in [6.07, 6.45) is 3.58. The zero-order valence-electron chi connectivity index (χ0n) is 20.9. The Morgan fingerprint density at radius 3 is 2.67 bits per heavy atom. The van der Waals surface area contributed by atoms with Crippen LogP contribution in [0.1, 0.15) is 50.3 Å². The van der Waals surface area contributed by atoms with Crippen LogP contribution in [0.3, 0.4) is 0 Å². The number of thioether (sulfide) groups is 1. The molecule has 194 valence electrons. The number of carbonyl (C=O) groups is 2. The number of benzene rings is 2. The minimum atomic E-state index is -1.02. The Morgan fingerprint density at radius 1 is 1.22 bits per heavy atom. The SMILES string of the molecule is CSCC[C@H](NC(=O)[C@H]1C[C@@H]2[C@@H](O[C@@H]1CCc1ccccc1)c1cc(Cl)ccc1OC2(C)C)C(=O)O. The maximum Gasteiger partial charge on any atom is 0.326 e. The summed E-state index contributed by atoms with van der Waals surface area (Å²) in [5, 5.41) is 13.1. The third-order valence-electron chi connectivity index (χ3n) is 7.31. The number of halogens is 1. The molecule has 2 heterocycles. The Morgan fingerprint density at radius 2 is 1.97 bits per heavy atom. The number of fused-ring (bicyclic) bond motifs is 3. The van der Waals surface area contributed by atoms with Gasteiger partial charge in [0.2, 0.25) is 5.91 Å². The van der Waals surface area contributed by atoms with E-state index >= 15 is 0 Å². The first kappa shape index (κ1) is 26.8. The van der Waals surface area contributed by atoms with E-state index < -0.39 is 23.5 Å². The number of amides is 1. The second-order valence-corrected chi connectivity index (χ2v) is 11.6. The fourth-order valence-electron chi connectivity index (χ4n) is 5.33. The van der Waals surface area contributed by atoms with Gasteiger partial charge >= 0.3 is 5.97 Å². The van der Waals surface area contributed by atoms with Gasteiger partial charge in [-0.1, -0.05) is 41.9 Å². The van der Waals surface area contributed by atoms with Gasteiger partial charge in [-0.2, -0.15) is 11.8 Å². The predicted octanol–water partition coefficient (Wildman–Crippen LogP) is 5.53. The molecular formula is C28H34ClNO5S. The molecule has 0 aliphatic carbocycles. The van der Waals surface area contributed by atoms with E-state index in [4.69, 9.17) is 21.1 Å². The van der Waals surface area contributed by atoms with Gasteiger partial charge in [0, 0.05) is 16.5 Å². The standard InChI is InChI=1S/C28H34ClNO5S/c1-28(2)21-16-20(26(31)30-22(27(32)33)13-14-36-3)23(11-9-17-7-5-4-6-8-17)34-25(21)19-15-18(29)10-12-24(19)35-28/h4-8,10,12,15,20-23,25H,9,11,13-14,16H2,1-3H3,(H,30,31)(H,32,33)/t20-,21+,22-,23+,25-/m0/s1. The highest BCUT2D eigenvalue weighted by Gasteiger charge is 2.52. The summed E-state index contributed by atoms with van der Waals surface area (Å²) < 4.78 is 13.1. The number of hydrogen-bond acceptors (Lipinski definition) is 5. The number of nitrogens with one attached hydrogen (secondary N) is 1. The van der Waals surface area contributed by atoms with Crippen molar-refractivity contribution in [2.75, 3.05) is 12.0 Å². The molecule has 1 fully saturated rings. The fourth-order valence-corrected chi connectivity index (χ4v) is 5.98. The second kappa shape index (κ2) is 11.4. The zero-order valence-corrected chi connectivity index (χ0v) is 22.5. The van der Waals surface area contributed by atoms with Gasteiger partial charge in [-0.05, 0) is 75.3 Å². The lowest BCUT2D eigenvalue weighted by atomic mass is 9.71. The first-order valence-corrected chi connectivity index (χ1v) is 14.2. The molecule has 0 saturated carbocycles. The van der Waals surface area contributed by atoms with Crippen LogP contribution in [0.15, 0.2) is 48.5 Å². The third-order valence-corrected chi connectivity index (χ3v) is 8.19. The Hall–Kier alpha value is -2.22. The third kappa shape index (κ3) is 6.01. The quantitative estimate of drug-likeness (QED) is 0.442. The second-order valence-electron chi connectivity index (χ2n) is 10.1. The molecular weight excluding hydrogens is 498 g/mol. The Bertz CT molecular complexity index is 1080.